The van der Waals surface area contributed by atoms with Crippen LogP contribution in [0, 0.1) is 0 Å². The van der Waals surface area contributed by atoms with Crippen molar-refractivity contribution >= 4 is 97.7 Å². The van der Waals surface area contributed by atoms with Crippen molar-refractivity contribution in [3.8, 4) is 22.3 Å². The Kier molecular flexibility index (Phi) is 5.53. The van der Waals surface area contributed by atoms with Crippen molar-refractivity contribution < 1.29 is 8.83 Å². The average molecular weight is 661 g/mol. The zero-order valence-electron chi connectivity index (χ0n) is 28.0. The third-order valence-electron chi connectivity index (χ3n) is 11.2. The van der Waals surface area contributed by atoms with E-state index in [1.807, 2.05) is 0 Å². The molecule has 0 aliphatic rings. The highest BCUT2D eigenvalue weighted by molar-refractivity contribution is 6.26. The number of furan rings is 2. The van der Waals surface area contributed by atoms with E-state index in [1.54, 1.807) is 0 Å². The fraction of sp³-hybridized carbons (Fsp3) is 0. The topological polar surface area (TPSA) is 26.3 Å². The van der Waals surface area contributed by atoms with Crippen LogP contribution in [-0.4, -0.2) is 0 Å². The van der Waals surface area contributed by atoms with Gasteiger partial charge in [0.1, 0.15) is 11.2 Å². The predicted octanol–water partition coefficient (Wildman–Crippen LogP) is 14.6. The van der Waals surface area contributed by atoms with Crippen LogP contribution in [0.2, 0.25) is 0 Å². The van der Waals surface area contributed by atoms with Crippen molar-refractivity contribution in [1.82, 2.24) is 0 Å². The van der Waals surface area contributed by atoms with Crippen LogP contribution in [0.4, 0.5) is 0 Å². The maximum Gasteiger partial charge on any atom is 0.178 e. The summed E-state index contributed by atoms with van der Waals surface area (Å²) in [6.07, 6.45) is 0. The van der Waals surface area contributed by atoms with Crippen molar-refractivity contribution in [2.45, 2.75) is 0 Å². The Labute approximate surface area is 297 Å². The standard InChI is InChI=1S/C50H28O2/c1-2-10-33-31(9-1)27-43(38-15-7-3-11-34(33)38)32-19-24-48-46(28-32)42-22-21-41-45-26-30(18-23-47(45)51-49(41)50(42)52-48)29-17-20-40-37-14-5-4-12-35(37)36-13-6-8-16-39(36)44(40)25-29/h1-28H. The first-order valence-corrected chi connectivity index (χ1v) is 17.8. The lowest BCUT2D eigenvalue weighted by molar-refractivity contribution is 0.633. The van der Waals surface area contributed by atoms with E-state index in [0.29, 0.717) is 0 Å². The lowest BCUT2D eigenvalue weighted by atomic mass is 9.92. The quantitative estimate of drug-likeness (QED) is 0.173. The van der Waals surface area contributed by atoms with Crippen LogP contribution in [0.25, 0.3) is 120 Å². The van der Waals surface area contributed by atoms with Crippen molar-refractivity contribution in [1.29, 1.82) is 0 Å². The Morgan fingerprint density at radius 3 is 1.27 bits per heavy atom. The molecule has 10 aromatic carbocycles. The number of hydrogen-bond donors (Lipinski definition) is 0. The van der Waals surface area contributed by atoms with E-state index in [0.717, 1.165) is 49.4 Å². The van der Waals surface area contributed by atoms with E-state index in [-0.39, 0.29) is 0 Å². The Balaban J connectivity index is 1.02. The fourth-order valence-electron chi connectivity index (χ4n) is 8.80. The van der Waals surface area contributed by atoms with Gasteiger partial charge in [0.25, 0.3) is 0 Å². The smallest absolute Gasteiger partial charge is 0.178 e. The first-order valence-electron chi connectivity index (χ1n) is 17.8. The summed E-state index contributed by atoms with van der Waals surface area (Å²) in [6, 6.07) is 61.5. The molecule has 0 radical (unpaired) electrons. The molecule has 0 fully saturated rings. The molecule has 0 saturated heterocycles. The molecule has 0 unspecified atom stereocenters. The van der Waals surface area contributed by atoms with Crippen LogP contribution in [-0.2, 0) is 0 Å². The van der Waals surface area contributed by atoms with E-state index in [1.165, 1.54) is 70.6 Å². The number of rotatable bonds is 2. The van der Waals surface area contributed by atoms with Crippen molar-refractivity contribution in [3.63, 3.8) is 0 Å². The minimum atomic E-state index is 0.787. The third-order valence-corrected chi connectivity index (χ3v) is 11.2. The molecule has 2 nitrogen and oxygen atoms in total. The molecule has 52 heavy (non-hydrogen) atoms. The number of hydrogen-bond acceptors (Lipinski definition) is 2. The summed E-state index contributed by atoms with van der Waals surface area (Å²) >= 11 is 0. The molecule has 240 valence electrons. The lowest BCUT2D eigenvalue weighted by Gasteiger charge is -2.12. The number of benzene rings is 10. The van der Waals surface area contributed by atoms with Crippen LogP contribution in [0.3, 0.4) is 0 Å². The average Bonchev–Trinajstić information content (AvgIpc) is 3.78. The molecule has 2 heteroatoms. The maximum atomic E-state index is 6.59. The molecule has 12 rings (SSSR count). The van der Waals surface area contributed by atoms with Crippen molar-refractivity contribution in [3.05, 3.63) is 170 Å². The van der Waals surface area contributed by atoms with Gasteiger partial charge in [0.2, 0.25) is 0 Å². The van der Waals surface area contributed by atoms with Crippen molar-refractivity contribution in [2.24, 2.45) is 0 Å². The Morgan fingerprint density at radius 2 is 0.654 bits per heavy atom. The molecule has 0 saturated carbocycles. The van der Waals surface area contributed by atoms with E-state index in [2.05, 4.69) is 170 Å². The van der Waals surface area contributed by atoms with Gasteiger partial charge in [0.15, 0.2) is 11.2 Å². The van der Waals surface area contributed by atoms with Gasteiger partial charge in [0, 0.05) is 21.5 Å². The molecule has 2 heterocycles. The van der Waals surface area contributed by atoms with E-state index in [9.17, 15) is 0 Å². The maximum absolute atomic E-state index is 6.59. The van der Waals surface area contributed by atoms with Gasteiger partial charge in [-0.25, -0.2) is 0 Å². The van der Waals surface area contributed by atoms with Crippen LogP contribution < -0.4 is 0 Å². The summed E-state index contributed by atoms with van der Waals surface area (Å²) in [4.78, 5) is 0. The zero-order chi connectivity index (χ0) is 33.9. The summed E-state index contributed by atoms with van der Waals surface area (Å²) in [7, 11) is 0. The Hall–Kier alpha value is -6.90. The molecule has 0 bridgehead atoms. The molecule has 0 spiro atoms. The minimum absolute atomic E-state index is 0.787. The Morgan fingerprint density at radius 1 is 0.250 bits per heavy atom. The highest BCUT2D eigenvalue weighted by Gasteiger charge is 2.18. The van der Waals surface area contributed by atoms with E-state index < -0.39 is 0 Å². The summed E-state index contributed by atoms with van der Waals surface area (Å²) < 4.78 is 13.2. The van der Waals surface area contributed by atoms with Gasteiger partial charge in [0.05, 0.1) is 0 Å². The lowest BCUT2D eigenvalue weighted by Crippen LogP contribution is -1.85. The fourth-order valence-corrected chi connectivity index (χ4v) is 8.80. The van der Waals surface area contributed by atoms with Gasteiger partial charge >= 0.3 is 0 Å². The first kappa shape index (κ1) is 27.9. The molecule has 0 aliphatic heterocycles. The summed E-state index contributed by atoms with van der Waals surface area (Å²) in [5.41, 5.74) is 8.01. The zero-order valence-corrected chi connectivity index (χ0v) is 28.0. The van der Waals surface area contributed by atoms with Crippen LogP contribution in [0.15, 0.2) is 179 Å². The molecule has 0 amide bonds. The Bertz CT molecular complexity index is 3430. The molecule has 0 aliphatic carbocycles. The molecule has 12 aromatic rings. The molecular formula is C50H28O2. The largest absolute Gasteiger partial charge is 0.452 e. The SMILES string of the molecule is c1ccc2c(c1)cc(-c1ccc3oc4c(ccc5c6cc(-c7ccc8c9ccccc9c9ccccc9c8c7)ccc6oc54)c3c1)c1ccccc12. The summed E-state index contributed by atoms with van der Waals surface area (Å²) in [5.74, 6) is 0. The van der Waals surface area contributed by atoms with Gasteiger partial charge in [-0.2, -0.15) is 0 Å². The highest BCUT2D eigenvalue weighted by Crippen LogP contribution is 2.43. The molecule has 2 aromatic heterocycles. The third kappa shape index (κ3) is 3.84. The van der Waals surface area contributed by atoms with Crippen LogP contribution >= 0.6 is 0 Å². The first-order chi connectivity index (χ1) is 25.8. The second-order valence-electron chi connectivity index (χ2n) is 14.0. The summed E-state index contributed by atoms with van der Waals surface area (Å²) in [5, 5.41) is 17.0. The predicted molar refractivity (Wildman–Crippen MR) is 219 cm³/mol. The summed E-state index contributed by atoms with van der Waals surface area (Å²) in [6.45, 7) is 0. The minimum Gasteiger partial charge on any atom is -0.452 e. The van der Waals surface area contributed by atoms with E-state index >= 15 is 0 Å². The van der Waals surface area contributed by atoms with E-state index in [4.69, 9.17) is 8.83 Å². The second-order valence-corrected chi connectivity index (χ2v) is 14.0. The monoisotopic (exact) mass is 660 g/mol. The number of fused-ring (bicyclic) bond motifs is 16. The molecule has 0 atom stereocenters. The van der Waals surface area contributed by atoms with Gasteiger partial charge in [-0.05, 0) is 125 Å². The molecule has 0 N–H and O–H groups in total. The normalized spacial score (nSPS) is 12.2. The van der Waals surface area contributed by atoms with Gasteiger partial charge in [-0.1, -0.05) is 121 Å². The van der Waals surface area contributed by atoms with Crippen LogP contribution in [0.5, 0.6) is 0 Å². The highest BCUT2D eigenvalue weighted by atomic mass is 16.4. The van der Waals surface area contributed by atoms with Gasteiger partial charge in [-0.3, -0.25) is 0 Å². The van der Waals surface area contributed by atoms with Crippen molar-refractivity contribution in [2.75, 3.05) is 0 Å². The van der Waals surface area contributed by atoms with Gasteiger partial charge < -0.3 is 8.83 Å². The molecular weight excluding hydrogens is 633 g/mol. The van der Waals surface area contributed by atoms with Gasteiger partial charge in [-0.15, -0.1) is 0 Å². The second kappa shape index (κ2) is 10.3. The van der Waals surface area contributed by atoms with Crippen LogP contribution in [0.1, 0.15) is 0 Å².